The van der Waals surface area contributed by atoms with Crippen LogP contribution in [0.2, 0.25) is 0 Å². The Hall–Kier alpha value is -0.610. The summed E-state index contributed by atoms with van der Waals surface area (Å²) in [5, 5.41) is 12.9. The van der Waals surface area contributed by atoms with Gasteiger partial charge in [0, 0.05) is 19.6 Å². The van der Waals surface area contributed by atoms with Crippen LogP contribution in [-0.2, 0) is 4.79 Å². The zero-order valence-electron chi connectivity index (χ0n) is 8.46. The van der Waals surface area contributed by atoms with Gasteiger partial charge in [-0.15, -0.1) is 0 Å². The minimum atomic E-state index is -0.453. The van der Waals surface area contributed by atoms with Crippen LogP contribution in [0.1, 0.15) is 25.7 Å². The summed E-state index contributed by atoms with van der Waals surface area (Å²) in [6, 6.07) is 0. The molecule has 2 aliphatic rings. The van der Waals surface area contributed by atoms with Gasteiger partial charge in [0.05, 0.1) is 12.1 Å². The first-order valence-corrected chi connectivity index (χ1v) is 5.41. The third-order valence-electron chi connectivity index (χ3n) is 3.32. The van der Waals surface area contributed by atoms with Crippen molar-refractivity contribution >= 4 is 5.91 Å². The number of carbonyl (C=O) groups is 1. The van der Waals surface area contributed by atoms with Gasteiger partial charge in [0.2, 0.25) is 5.91 Å². The second-order valence-corrected chi connectivity index (χ2v) is 4.39. The van der Waals surface area contributed by atoms with Gasteiger partial charge in [-0.1, -0.05) is 0 Å². The lowest BCUT2D eigenvalue weighted by atomic mass is 9.78. The molecule has 1 saturated heterocycles. The van der Waals surface area contributed by atoms with Crippen LogP contribution >= 0.6 is 0 Å². The molecule has 2 N–H and O–H groups in total. The van der Waals surface area contributed by atoms with E-state index < -0.39 is 5.60 Å². The lowest BCUT2D eigenvalue weighted by molar-refractivity contribution is -0.133. The number of aliphatic hydroxyl groups is 1. The molecular weight excluding hydrogens is 180 g/mol. The van der Waals surface area contributed by atoms with Gasteiger partial charge in [0.1, 0.15) is 0 Å². The van der Waals surface area contributed by atoms with Gasteiger partial charge in [-0.3, -0.25) is 4.79 Å². The number of amides is 1. The summed E-state index contributed by atoms with van der Waals surface area (Å²) in [4.78, 5) is 13.3. The molecule has 80 valence electrons. The summed E-state index contributed by atoms with van der Waals surface area (Å²) >= 11 is 0. The third kappa shape index (κ3) is 2.07. The molecule has 2 rings (SSSR count). The Morgan fingerprint density at radius 2 is 2.29 bits per heavy atom. The van der Waals surface area contributed by atoms with Crippen molar-refractivity contribution < 1.29 is 9.90 Å². The van der Waals surface area contributed by atoms with Crippen LogP contribution in [0.3, 0.4) is 0 Å². The summed E-state index contributed by atoms with van der Waals surface area (Å²) < 4.78 is 0. The molecule has 0 aromatic carbocycles. The Morgan fingerprint density at radius 3 is 2.86 bits per heavy atom. The van der Waals surface area contributed by atoms with E-state index in [1.165, 1.54) is 0 Å². The number of rotatable bonds is 3. The van der Waals surface area contributed by atoms with E-state index in [2.05, 4.69) is 5.32 Å². The molecule has 4 nitrogen and oxygen atoms in total. The average Bonchev–Trinajstić information content (AvgIpc) is 2.14. The molecule has 14 heavy (non-hydrogen) atoms. The molecular formula is C10H18N2O2. The van der Waals surface area contributed by atoms with Gasteiger partial charge in [0.25, 0.3) is 0 Å². The van der Waals surface area contributed by atoms with Crippen LogP contribution in [0.4, 0.5) is 0 Å². The third-order valence-corrected chi connectivity index (χ3v) is 3.32. The number of piperazine rings is 1. The zero-order valence-corrected chi connectivity index (χ0v) is 8.46. The molecule has 1 saturated carbocycles. The molecule has 4 heteroatoms. The smallest absolute Gasteiger partial charge is 0.236 e. The van der Waals surface area contributed by atoms with E-state index in [4.69, 9.17) is 0 Å². The molecule has 1 amide bonds. The van der Waals surface area contributed by atoms with Crippen molar-refractivity contribution in [2.45, 2.75) is 31.3 Å². The van der Waals surface area contributed by atoms with Crippen molar-refractivity contribution in [3.8, 4) is 0 Å². The summed E-state index contributed by atoms with van der Waals surface area (Å²) in [5.41, 5.74) is -0.453. The van der Waals surface area contributed by atoms with Gasteiger partial charge in [0.15, 0.2) is 0 Å². The summed E-state index contributed by atoms with van der Waals surface area (Å²) in [7, 11) is 0. The van der Waals surface area contributed by atoms with Crippen LogP contribution < -0.4 is 5.32 Å². The van der Waals surface area contributed by atoms with Crippen LogP contribution in [0.15, 0.2) is 0 Å². The molecule has 0 unspecified atom stereocenters. The van der Waals surface area contributed by atoms with Crippen LogP contribution in [0.5, 0.6) is 0 Å². The second-order valence-electron chi connectivity index (χ2n) is 4.39. The lowest BCUT2D eigenvalue weighted by Gasteiger charge is -2.39. The number of nitrogens with one attached hydrogen (secondary N) is 1. The Balaban J connectivity index is 1.76. The van der Waals surface area contributed by atoms with Gasteiger partial charge >= 0.3 is 0 Å². The molecule has 0 bridgehead atoms. The van der Waals surface area contributed by atoms with Crippen LogP contribution in [0.25, 0.3) is 0 Å². The van der Waals surface area contributed by atoms with Crippen molar-refractivity contribution in [2.24, 2.45) is 0 Å². The van der Waals surface area contributed by atoms with E-state index in [-0.39, 0.29) is 5.91 Å². The van der Waals surface area contributed by atoms with E-state index in [1.54, 1.807) is 0 Å². The fraction of sp³-hybridized carbons (Fsp3) is 0.900. The number of hydrogen-bond acceptors (Lipinski definition) is 3. The summed E-state index contributed by atoms with van der Waals surface area (Å²) in [6.07, 6.45) is 3.70. The maximum absolute atomic E-state index is 11.4. The van der Waals surface area contributed by atoms with Crippen molar-refractivity contribution in [3.63, 3.8) is 0 Å². The van der Waals surface area contributed by atoms with E-state index >= 15 is 0 Å². The van der Waals surface area contributed by atoms with E-state index in [0.717, 1.165) is 45.3 Å². The lowest BCUT2D eigenvalue weighted by Crippen LogP contribution is -2.50. The quantitative estimate of drug-likeness (QED) is 0.656. The molecule has 2 fully saturated rings. The Bertz CT molecular complexity index is 226. The van der Waals surface area contributed by atoms with Gasteiger partial charge in [-0.25, -0.2) is 0 Å². The first-order chi connectivity index (χ1) is 6.70. The molecule has 0 atom stereocenters. The fourth-order valence-corrected chi connectivity index (χ4v) is 2.06. The van der Waals surface area contributed by atoms with Gasteiger partial charge in [-0.2, -0.15) is 0 Å². The topological polar surface area (TPSA) is 52.6 Å². The highest BCUT2D eigenvalue weighted by molar-refractivity contribution is 5.78. The standard InChI is InChI=1S/C10H18N2O2/c13-9-8-11-5-7-12(9)6-4-10(14)2-1-3-10/h11,14H,1-8H2. The SMILES string of the molecule is O=C1CNCCN1CCC1(O)CCC1. The van der Waals surface area contributed by atoms with Gasteiger partial charge < -0.3 is 15.3 Å². The molecule has 0 aromatic rings. The summed E-state index contributed by atoms with van der Waals surface area (Å²) in [5.74, 6) is 0.166. The van der Waals surface area contributed by atoms with Crippen molar-refractivity contribution in [1.82, 2.24) is 10.2 Å². The molecule has 1 aliphatic heterocycles. The zero-order chi connectivity index (χ0) is 10.0. The minimum absolute atomic E-state index is 0.166. The van der Waals surface area contributed by atoms with Crippen molar-refractivity contribution in [2.75, 3.05) is 26.2 Å². The van der Waals surface area contributed by atoms with E-state index in [9.17, 15) is 9.90 Å². The Morgan fingerprint density at radius 1 is 1.50 bits per heavy atom. The normalized spacial score (nSPS) is 26.1. The highest BCUT2D eigenvalue weighted by Gasteiger charge is 2.34. The molecule has 0 radical (unpaired) electrons. The summed E-state index contributed by atoms with van der Waals surface area (Å²) in [6.45, 7) is 2.84. The first kappa shape index (κ1) is 9.93. The Kier molecular flexibility index (Phi) is 2.74. The monoisotopic (exact) mass is 198 g/mol. The van der Waals surface area contributed by atoms with E-state index in [0.29, 0.717) is 6.54 Å². The Labute approximate surface area is 84.3 Å². The predicted octanol–water partition coefficient (Wildman–Crippen LogP) is -0.277. The van der Waals surface area contributed by atoms with E-state index in [1.807, 2.05) is 4.90 Å². The van der Waals surface area contributed by atoms with Crippen molar-refractivity contribution in [3.05, 3.63) is 0 Å². The number of nitrogens with zero attached hydrogens (tertiary/aromatic N) is 1. The maximum atomic E-state index is 11.4. The van der Waals surface area contributed by atoms with Crippen molar-refractivity contribution in [1.29, 1.82) is 0 Å². The van der Waals surface area contributed by atoms with Crippen LogP contribution in [0, 0.1) is 0 Å². The second kappa shape index (κ2) is 3.87. The number of hydrogen-bond donors (Lipinski definition) is 2. The molecule has 0 aromatic heterocycles. The van der Waals surface area contributed by atoms with Gasteiger partial charge in [-0.05, 0) is 25.7 Å². The van der Waals surface area contributed by atoms with Crippen LogP contribution in [-0.4, -0.2) is 47.7 Å². The average molecular weight is 198 g/mol. The molecule has 1 aliphatic carbocycles. The highest BCUT2D eigenvalue weighted by Crippen LogP contribution is 2.34. The largest absolute Gasteiger partial charge is 0.390 e. The number of carbonyl (C=O) groups excluding carboxylic acids is 1. The fourth-order valence-electron chi connectivity index (χ4n) is 2.06. The molecule has 0 spiro atoms. The minimum Gasteiger partial charge on any atom is -0.390 e. The first-order valence-electron chi connectivity index (χ1n) is 5.41. The highest BCUT2D eigenvalue weighted by atomic mass is 16.3. The predicted molar refractivity (Wildman–Crippen MR) is 52.9 cm³/mol. The maximum Gasteiger partial charge on any atom is 0.236 e. The molecule has 1 heterocycles.